The van der Waals surface area contributed by atoms with Gasteiger partial charge in [-0.2, -0.15) is 5.10 Å². The summed E-state index contributed by atoms with van der Waals surface area (Å²) in [5, 5.41) is 9.75. The standard InChI is InChI=1S/C23H24N4O4/c1-14-5-6-15(2)18(11-14)19-8-10-23(30)27(26-19)13-22(29)25-20-12-17(24-16(3)28)7-9-21(20)31-4/h5-12H,13H2,1-4H3,(H,24,28)(H,25,29). The molecule has 0 aliphatic carbocycles. The second-order valence-electron chi connectivity index (χ2n) is 7.18. The van der Waals surface area contributed by atoms with Crippen LogP contribution in [0.3, 0.4) is 0 Å². The van der Waals surface area contributed by atoms with E-state index in [0.717, 1.165) is 21.4 Å². The van der Waals surface area contributed by atoms with E-state index in [1.54, 1.807) is 24.3 Å². The molecule has 3 aromatic rings. The van der Waals surface area contributed by atoms with Gasteiger partial charge in [-0.1, -0.05) is 17.7 Å². The van der Waals surface area contributed by atoms with Crippen LogP contribution in [0, 0.1) is 13.8 Å². The molecule has 0 saturated heterocycles. The maximum Gasteiger partial charge on any atom is 0.267 e. The van der Waals surface area contributed by atoms with E-state index in [4.69, 9.17) is 4.74 Å². The van der Waals surface area contributed by atoms with Gasteiger partial charge >= 0.3 is 0 Å². The zero-order chi connectivity index (χ0) is 22.5. The first-order chi connectivity index (χ1) is 14.8. The molecule has 0 radical (unpaired) electrons. The Balaban J connectivity index is 1.85. The molecule has 31 heavy (non-hydrogen) atoms. The molecule has 0 fully saturated rings. The minimum Gasteiger partial charge on any atom is -0.495 e. The normalized spacial score (nSPS) is 10.5. The van der Waals surface area contributed by atoms with Crippen LogP contribution in [-0.4, -0.2) is 28.7 Å². The maximum absolute atomic E-state index is 12.7. The molecule has 8 heteroatoms. The third-order valence-electron chi connectivity index (χ3n) is 4.62. The summed E-state index contributed by atoms with van der Waals surface area (Å²) in [6.45, 7) is 5.07. The molecule has 8 nitrogen and oxygen atoms in total. The summed E-state index contributed by atoms with van der Waals surface area (Å²) < 4.78 is 6.39. The van der Waals surface area contributed by atoms with Gasteiger partial charge in [0.25, 0.3) is 5.56 Å². The van der Waals surface area contributed by atoms with Crippen molar-refractivity contribution in [2.24, 2.45) is 0 Å². The van der Waals surface area contributed by atoms with E-state index in [9.17, 15) is 14.4 Å². The molecule has 0 aliphatic rings. The summed E-state index contributed by atoms with van der Waals surface area (Å²) in [5.74, 6) is -0.265. The number of nitrogens with zero attached hydrogens (tertiary/aromatic N) is 2. The second-order valence-corrected chi connectivity index (χ2v) is 7.18. The van der Waals surface area contributed by atoms with Gasteiger partial charge in [0.05, 0.1) is 18.5 Å². The van der Waals surface area contributed by atoms with Crippen molar-refractivity contribution in [2.45, 2.75) is 27.3 Å². The molecule has 0 spiro atoms. The molecular weight excluding hydrogens is 396 g/mol. The molecule has 2 amide bonds. The average molecular weight is 420 g/mol. The number of nitrogens with one attached hydrogen (secondary N) is 2. The Bertz CT molecular complexity index is 1200. The van der Waals surface area contributed by atoms with Crippen LogP contribution in [0.4, 0.5) is 11.4 Å². The first kappa shape index (κ1) is 21.8. The van der Waals surface area contributed by atoms with Gasteiger partial charge in [-0.05, 0) is 49.7 Å². The Morgan fingerprint density at radius 3 is 2.52 bits per heavy atom. The van der Waals surface area contributed by atoms with Crippen molar-refractivity contribution < 1.29 is 14.3 Å². The van der Waals surface area contributed by atoms with E-state index in [2.05, 4.69) is 15.7 Å². The Morgan fingerprint density at radius 1 is 1.03 bits per heavy atom. The SMILES string of the molecule is COc1ccc(NC(C)=O)cc1NC(=O)Cn1nc(-c2cc(C)ccc2C)ccc1=O. The van der Waals surface area contributed by atoms with Crippen molar-refractivity contribution in [1.29, 1.82) is 0 Å². The topological polar surface area (TPSA) is 102 Å². The lowest BCUT2D eigenvalue weighted by molar-refractivity contribution is -0.117. The van der Waals surface area contributed by atoms with Crippen molar-refractivity contribution in [2.75, 3.05) is 17.7 Å². The fraction of sp³-hybridized carbons (Fsp3) is 0.217. The first-order valence-corrected chi connectivity index (χ1v) is 9.68. The fourth-order valence-electron chi connectivity index (χ4n) is 3.13. The van der Waals surface area contributed by atoms with Gasteiger partial charge in [0.1, 0.15) is 12.3 Å². The molecule has 0 aliphatic heterocycles. The Labute approximate surface area is 179 Å². The largest absolute Gasteiger partial charge is 0.495 e. The van der Waals surface area contributed by atoms with Crippen molar-refractivity contribution in [3.8, 4) is 17.0 Å². The van der Waals surface area contributed by atoms with Crippen molar-refractivity contribution in [3.63, 3.8) is 0 Å². The van der Waals surface area contributed by atoms with E-state index < -0.39 is 5.91 Å². The predicted octanol–water partition coefficient (Wildman–Crippen LogP) is 3.13. The number of benzene rings is 2. The fourth-order valence-corrected chi connectivity index (χ4v) is 3.13. The maximum atomic E-state index is 12.7. The van der Waals surface area contributed by atoms with Crippen molar-refractivity contribution in [1.82, 2.24) is 9.78 Å². The minimum atomic E-state index is -0.453. The minimum absolute atomic E-state index is 0.235. The summed E-state index contributed by atoms with van der Waals surface area (Å²) in [6, 6.07) is 13.9. The number of rotatable bonds is 6. The third kappa shape index (κ3) is 5.36. The number of hydrogen-bond acceptors (Lipinski definition) is 5. The Morgan fingerprint density at radius 2 is 1.81 bits per heavy atom. The molecule has 160 valence electrons. The molecule has 2 aromatic carbocycles. The van der Waals surface area contributed by atoms with Gasteiger partial charge in [-0.15, -0.1) is 0 Å². The average Bonchev–Trinajstić information content (AvgIpc) is 2.71. The van der Waals surface area contributed by atoms with Crippen molar-refractivity contribution in [3.05, 3.63) is 70.0 Å². The van der Waals surface area contributed by atoms with E-state index in [0.29, 0.717) is 22.8 Å². The quantitative estimate of drug-likeness (QED) is 0.638. The number of amides is 2. The van der Waals surface area contributed by atoms with E-state index in [1.807, 2.05) is 32.0 Å². The van der Waals surface area contributed by atoms with E-state index >= 15 is 0 Å². The second kappa shape index (κ2) is 9.25. The smallest absolute Gasteiger partial charge is 0.267 e. The van der Waals surface area contributed by atoms with Crippen LogP contribution in [-0.2, 0) is 16.1 Å². The molecule has 1 aromatic heterocycles. The number of hydrogen-bond donors (Lipinski definition) is 2. The lowest BCUT2D eigenvalue weighted by Gasteiger charge is -2.13. The van der Waals surface area contributed by atoms with Crippen molar-refractivity contribution >= 4 is 23.2 Å². The molecule has 0 atom stereocenters. The number of anilines is 2. The van der Waals surface area contributed by atoms with Gasteiger partial charge in [0.2, 0.25) is 11.8 Å². The van der Waals surface area contributed by atoms with Crippen LogP contribution in [0.25, 0.3) is 11.3 Å². The number of methoxy groups -OCH3 is 1. The van der Waals surface area contributed by atoms with Gasteiger partial charge in [-0.3, -0.25) is 14.4 Å². The number of aryl methyl sites for hydroxylation is 2. The number of carbonyl (C=O) groups is 2. The zero-order valence-electron chi connectivity index (χ0n) is 17.9. The van der Waals surface area contributed by atoms with Gasteiger partial charge in [0.15, 0.2) is 0 Å². The van der Waals surface area contributed by atoms with Gasteiger partial charge in [0, 0.05) is 24.2 Å². The molecule has 0 bridgehead atoms. The zero-order valence-corrected chi connectivity index (χ0v) is 17.9. The molecule has 1 heterocycles. The highest BCUT2D eigenvalue weighted by Gasteiger charge is 2.13. The van der Waals surface area contributed by atoms with Crippen LogP contribution in [0.5, 0.6) is 5.75 Å². The molecule has 0 unspecified atom stereocenters. The number of aromatic nitrogens is 2. The lowest BCUT2D eigenvalue weighted by Crippen LogP contribution is -2.29. The van der Waals surface area contributed by atoms with E-state index in [-0.39, 0.29) is 18.0 Å². The van der Waals surface area contributed by atoms with Crippen LogP contribution < -0.4 is 20.9 Å². The van der Waals surface area contributed by atoms with Crippen LogP contribution >= 0.6 is 0 Å². The first-order valence-electron chi connectivity index (χ1n) is 9.68. The highest BCUT2D eigenvalue weighted by atomic mass is 16.5. The van der Waals surface area contributed by atoms with Crippen LogP contribution in [0.2, 0.25) is 0 Å². The molecule has 0 saturated carbocycles. The Hall–Kier alpha value is -3.94. The molecule has 2 N–H and O–H groups in total. The highest BCUT2D eigenvalue weighted by molar-refractivity contribution is 5.94. The summed E-state index contributed by atoms with van der Waals surface area (Å²) in [5.41, 5.74) is 4.10. The summed E-state index contributed by atoms with van der Waals surface area (Å²) in [4.78, 5) is 36.2. The Kier molecular flexibility index (Phi) is 6.49. The van der Waals surface area contributed by atoms with Crippen LogP contribution in [0.1, 0.15) is 18.1 Å². The van der Waals surface area contributed by atoms with Crippen LogP contribution in [0.15, 0.2) is 53.3 Å². The molecule has 3 rings (SSSR count). The third-order valence-corrected chi connectivity index (χ3v) is 4.62. The van der Waals surface area contributed by atoms with Gasteiger partial charge < -0.3 is 15.4 Å². The van der Waals surface area contributed by atoms with Gasteiger partial charge in [-0.25, -0.2) is 4.68 Å². The summed E-state index contributed by atoms with van der Waals surface area (Å²) in [7, 11) is 1.47. The highest BCUT2D eigenvalue weighted by Crippen LogP contribution is 2.28. The number of carbonyl (C=O) groups excluding carboxylic acids is 2. The number of ether oxygens (including phenoxy) is 1. The lowest BCUT2D eigenvalue weighted by atomic mass is 10.0. The summed E-state index contributed by atoms with van der Waals surface area (Å²) in [6.07, 6.45) is 0. The molecular formula is C23H24N4O4. The monoisotopic (exact) mass is 420 g/mol. The predicted molar refractivity (Wildman–Crippen MR) is 119 cm³/mol. The van der Waals surface area contributed by atoms with E-state index in [1.165, 1.54) is 20.1 Å². The summed E-state index contributed by atoms with van der Waals surface area (Å²) >= 11 is 0.